The van der Waals surface area contributed by atoms with Crippen molar-refractivity contribution in [3.8, 4) is 0 Å². The van der Waals surface area contributed by atoms with Gasteiger partial charge in [0.1, 0.15) is 0 Å². The third-order valence-corrected chi connectivity index (χ3v) is 2.65. The van der Waals surface area contributed by atoms with Gasteiger partial charge in [0.05, 0.1) is 6.20 Å². The minimum atomic E-state index is -0.256. The van der Waals surface area contributed by atoms with E-state index in [1.807, 2.05) is 26.0 Å². The van der Waals surface area contributed by atoms with E-state index in [1.54, 1.807) is 6.20 Å². The number of amides is 1. The number of pyridine rings is 1. The lowest BCUT2D eigenvalue weighted by Gasteiger charge is -2.13. The third kappa shape index (κ3) is 2.94. The molecule has 5 heteroatoms. The Morgan fingerprint density at radius 2 is 2.39 bits per heavy atom. The molecule has 0 radical (unpaired) electrons. The maximum absolute atomic E-state index is 11.7. The summed E-state index contributed by atoms with van der Waals surface area (Å²) in [4.78, 5) is 19.7. The maximum Gasteiger partial charge on any atom is 0.288 e. The van der Waals surface area contributed by atoms with Gasteiger partial charge < -0.3 is 9.73 Å². The van der Waals surface area contributed by atoms with Crippen LogP contribution in [-0.2, 0) is 6.42 Å². The second-order valence-electron chi connectivity index (χ2n) is 4.21. The summed E-state index contributed by atoms with van der Waals surface area (Å²) in [6.45, 7) is 3.94. The number of nitrogens with one attached hydrogen (secondary N) is 1. The number of hydrogen-bond acceptors (Lipinski definition) is 4. The minimum Gasteiger partial charge on any atom is -0.438 e. The molecular formula is C13H15N3O2. The van der Waals surface area contributed by atoms with Gasteiger partial charge in [-0.1, -0.05) is 6.07 Å². The van der Waals surface area contributed by atoms with Crippen molar-refractivity contribution < 1.29 is 9.21 Å². The summed E-state index contributed by atoms with van der Waals surface area (Å²) >= 11 is 0. The van der Waals surface area contributed by atoms with E-state index in [0.717, 1.165) is 11.3 Å². The normalized spacial score (nSPS) is 12.1. The Hall–Kier alpha value is -2.17. The van der Waals surface area contributed by atoms with Gasteiger partial charge in [0.2, 0.25) is 5.76 Å². The first-order chi connectivity index (χ1) is 8.66. The monoisotopic (exact) mass is 245 g/mol. The third-order valence-electron chi connectivity index (χ3n) is 2.65. The Kier molecular flexibility index (Phi) is 3.72. The van der Waals surface area contributed by atoms with Gasteiger partial charge in [0.15, 0.2) is 6.39 Å². The van der Waals surface area contributed by atoms with Crippen molar-refractivity contribution in [2.45, 2.75) is 26.3 Å². The van der Waals surface area contributed by atoms with Crippen molar-refractivity contribution in [1.82, 2.24) is 15.3 Å². The number of carbonyl (C=O) groups is 1. The number of hydrogen-bond donors (Lipinski definition) is 1. The quantitative estimate of drug-likeness (QED) is 0.890. The first-order valence-electron chi connectivity index (χ1n) is 5.76. The van der Waals surface area contributed by atoms with Crippen LogP contribution in [0.5, 0.6) is 0 Å². The van der Waals surface area contributed by atoms with Gasteiger partial charge in [-0.05, 0) is 25.5 Å². The molecule has 1 unspecified atom stereocenters. The van der Waals surface area contributed by atoms with Crippen LogP contribution in [0, 0.1) is 6.92 Å². The molecule has 0 aromatic carbocycles. The van der Waals surface area contributed by atoms with E-state index >= 15 is 0 Å². The maximum atomic E-state index is 11.7. The highest BCUT2D eigenvalue weighted by Crippen LogP contribution is 2.07. The average molecular weight is 245 g/mol. The van der Waals surface area contributed by atoms with Gasteiger partial charge in [0.25, 0.3) is 5.91 Å². The van der Waals surface area contributed by atoms with Crippen LogP contribution in [0.3, 0.4) is 0 Å². The molecule has 2 aromatic heterocycles. The Labute approximate surface area is 105 Å². The molecule has 0 fully saturated rings. The Balaban J connectivity index is 1.95. The van der Waals surface area contributed by atoms with Crippen LogP contribution in [0.4, 0.5) is 0 Å². The summed E-state index contributed by atoms with van der Waals surface area (Å²) in [5.41, 5.74) is 2.11. The molecular weight excluding hydrogens is 230 g/mol. The van der Waals surface area contributed by atoms with Crippen molar-refractivity contribution in [1.29, 1.82) is 0 Å². The molecule has 1 amide bonds. The van der Waals surface area contributed by atoms with Crippen LogP contribution in [0.2, 0.25) is 0 Å². The van der Waals surface area contributed by atoms with Crippen LogP contribution in [0.1, 0.15) is 28.7 Å². The van der Waals surface area contributed by atoms with Crippen LogP contribution < -0.4 is 5.32 Å². The fraction of sp³-hybridized carbons (Fsp3) is 0.308. The number of rotatable bonds is 4. The van der Waals surface area contributed by atoms with Crippen molar-refractivity contribution in [2.24, 2.45) is 0 Å². The number of carbonyl (C=O) groups excluding carboxylic acids is 1. The van der Waals surface area contributed by atoms with Crippen molar-refractivity contribution in [3.63, 3.8) is 0 Å². The molecule has 5 nitrogen and oxygen atoms in total. The van der Waals surface area contributed by atoms with E-state index in [1.165, 1.54) is 12.6 Å². The summed E-state index contributed by atoms with van der Waals surface area (Å²) in [6.07, 6.45) is 5.08. The van der Waals surface area contributed by atoms with Gasteiger partial charge >= 0.3 is 0 Å². The number of nitrogens with zero attached hydrogens (tertiary/aromatic N) is 2. The van der Waals surface area contributed by atoms with Gasteiger partial charge in [0, 0.05) is 24.4 Å². The van der Waals surface area contributed by atoms with E-state index in [2.05, 4.69) is 15.3 Å². The molecule has 1 atom stereocenters. The van der Waals surface area contributed by atoms with Crippen molar-refractivity contribution in [2.75, 3.05) is 0 Å². The van der Waals surface area contributed by atoms with Gasteiger partial charge in [-0.25, -0.2) is 4.98 Å². The SMILES string of the molecule is Cc1cccnc1CC(C)NC(=O)c1cnco1. The first-order valence-corrected chi connectivity index (χ1v) is 5.76. The summed E-state index contributed by atoms with van der Waals surface area (Å²) in [7, 11) is 0. The summed E-state index contributed by atoms with van der Waals surface area (Å²) in [6, 6.07) is 3.89. The largest absolute Gasteiger partial charge is 0.438 e. The predicted octanol–water partition coefficient (Wildman–Crippen LogP) is 1.74. The second kappa shape index (κ2) is 5.44. The average Bonchev–Trinajstić information content (AvgIpc) is 2.85. The Morgan fingerprint density at radius 3 is 3.06 bits per heavy atom. The molecule has 0 aliphatic rings. The zero-order chi connectivity index (χ0) is 13.0. The highest BCUT2D eigenvalue weighted by molar-refractivity contribution is 5.91. The molecule has 0 bridgehead atoms. The molecule has 0 saturated carbocycles. The van der Waals surface area contributed by atoms with E-state index in [-0.39, 0.29) is 17.7 Å². The number of aryl methyl sites for hydroxylation is 1. The fourth-order valence-electron chi connectivity index (χ4n) is 1.70. The van der Waals surface area contributed by atoms with E-state index < -0.39 is 0 Å². The molecule has 0 saturated heterocycles. The zero-order valence-electron chi connectivity index (χ0n) is 10.4. The Bertz CT molecular complexity index is 523. The zero-order valence-corrected chi connectivity index (χ0v) is 10.4. The first kappa shape index (κ1) is 12.3. The number of oxazole rings is 1. The highest BCUT2D eigenvalue weighted by atomic mass is 16.3. The van der Waals surface area contributed by atoms with Crippen LogP contribution in [0.15, 0.2) is 35.3 Å². The topological polar surface area (TPSA) is 68.0 Å². The van der Waals surface area contributed by atoms with Crippen LogP contribution >= 0.6 is 0 Å². The molecule has 1 N–H and O–H groups in total. The minimum absolute atomic E-state index is 0.0174. The molecule has 18 heavy (non-hydrogen) atoms. The summed E-state index contributed by atoms with van der Waals surface area (Å²) in [5, 5.41) is 2.85. The lowest BCUT2D eigenvalue weighted by molar-refractivity contribution is 0.0912. The van der Waals surface area contributed by atoms with E-state index in [9.17, 15) is 4.79 Å². The molecule has 94 valence electrons. The van der Waals surface area contributed by atoms with E-state index in [4.69, 9.17) is 4.42 Å². The van der Waals surface area contributed by atoms with Gasteiger partial charge in [-0.15, -0.1) is 0 Å². The Morgan fingerprint density at radius 1 is 1.56 bits per heavy atom. The van der Waals surface area contributed by atoms with Crippen molar-refractivity contribution >= 4 is 5.91 Å². The predicted molar refractivity (Wildman–Crippen MR) is 66.1 cm³/mol. The molecule has 0 spiro atoms. The number of aromatic nitrogens is 2. The van der Waals surface area contributed by atoms with Gasteiger partial charge in [-0.3, -0.25) is 9.78 Å². The standard InChI is InChI=1S/C13H15N3O2/c1-9-4-3-5-15-11(9)6-10(2)16-13(17)12-7-14-8-18-12/h3-5,7-8,10H,6H2,1-2H3,(H,16,17). The fourth-order valence-corrected chi connectivity index (χ4v) is 1.70. The molecule has 2 aromatic rings. The molecule has 2 heterocycles. The van der Waals surface area contributed by atoms with Gasteiger partial charge in [-0.2, -0.15) is 0 Å². The molecule has 2 rings (SSSR count). The molecule has 0 aliphatic heterocycles. The summed E-state index contributed by atoms with van der Waals surface area (Å²) < 4.78 is 4.93. The lowest BCUT2D eigenvalue weighted by Crippen LogP contribution is -2.34. The van der Waals surface area contributed by atoms with Crippen LogP contribution in [0.25, 0.3) is 0 Å². The smallest absolute Gasteiger partial charge is 0.288 e. The molecule has 0 aliphatic carbocycles. The lowest BCUT2D eigenvalue weighted by atomic mass is 10.1. The second-order valence-corrected chi connectivity index (χ2v) is 4.21. The summed E-state index contributed by atoms with van der Waals surface area (Å²) in [5.74, 6) is -0.0341. The van der Waals surface area contributed by atoms with E-state index in [0.29, 0.717) is 6.42 Å². The van der Waals surface area contributed by atoms with Crippen molar-refractivity contribution in [3.05, 3.63) is 47.9 Å². The highest BCUT2D eigenvalue weighted by Gasteiger charge is 2.13. The van der Waals surface area contributed by atoms with Crippen LogP contribution in [-0.4, -0.2) is 21.9 Å².